The first-order chi connectivity index (χ1) is 12.9. The second kappa shape index (κ2) is 8.44. The van der Waals surface area contributed by atoms with E-state index in [2.05, 4.69) is 11.0 Å². The molecule has 27 heavy (non-hydrogen) atoms. The summed E-state index contributed by atoms with van der Waals surface area (Å²) >= 11 is 0. The molecule has 3 rings (SSSR count). The van der Waals surface area contributed by atoms with Gasteiger partial charge >= 0.3 is 6.09 Å². The third-order valence-electron chi connectivity index (χ3n) is 4.36. The molecule has 0 atom stereocenters. The Morgan fingerprint density at radius 2 is 1.56 bits per heavy atom. The maximum atomic E-state index is 12.2. The Morgan fingerprint density at radius 1 is 0.926 bits per heavy atom. The average molecular weight is 368 g/mol. The Kier molecular flexibility index (Phi) is 6.01. The number of benzene rings is 2. The van der Waals surface area contributed by atoms with Crippen molar-refractivity contribution < 1.29 is 14.3 Å². The summed E-state index contributed by atoms with van der Waals surface area (Å²) in [5.41, 5.74) is 0.689. The zero-order valence-corrected chi connectivity index (χ0v) is 16.4. The minimum absolute atomic E-state index is 0.227. The molecule has 0 spiro atoms. The van der Waals surface area contributed by atoms with Crippen molar-refractivity contribution >= 4 is 6.09 Å². The molecule has 1 saturated heterocycles. The van der Waals surface area contributed by atoms with Gasteiger partial charge in [-0.25, -0.2) is 4.79 Å². The normalized spacial score (nSPS) is 15.4. The number of nitrogens with zero attached hydrogens (tertiary/aromatic N) is 2. The SMILES string of the molecule is CC(C)(C)OC(=O)N1CCN(Cc2ccccc2Oc2ccccc2)CC1. The topological polar surface area (TPSA) is 42.0 Å². The maximum absolute atomic E-state index is 12.2. The van der Waals surface area contributed by atoms with Crippen molar-refractivity contribution in [2.24, 2.45) is 0 Å². The van der Waals surface area contributed by atoms with Crippen LogP contribution >= 0.6 is 0 Å². The second-order valence-electron chi connectivity index (χ2n) is 7.77. The van der Waals surface area contributed by atoms with Gasteiger partial charge in [-0.1, -0.05) is 36.4 Å². The molecular weight excluding hydrogens is 340 g/mol. The van der Waals surface area contributed by atoms with Crippen LogP contribution in [0.1, 0.15) is 26.3 Å². The van der Waals surface area contributed by atoms with Crippen LogP contribution in [0.5, 0.6) is 11.5 Å². The van der Waals surface area contributed by atoms with Crippen molar-refractivity contribution in [1.82, 2.24) is 9.80 Å². The van der Waals surface area contributed by atoms with E-state index in [0.29, 0.717) is 13.1 Å². The summed E-state index contributed by atoms with van der Waals surface area (Å²) in [6, 6.07) is 17.9. The van der Waals surface area contributed by atoms with Gasteiger partial charge in [-0.05, 0) is 39.0 Å². The number of amides is 1. The molecular formula is C22H28N2O3. The van der Waals surface area contributed by atoms with Gasteiger partial charge in [0.25, 0.3) is 0 Å². The predicted molar refractivity (Wildman–Crippen MR) is 106 cm³/mol. The van der Waals surface area contributed by atoms with Crippen LogP contribution in [0, 0.1) is 0 Å². The smallest absolute Gasteiger partial charge is 0.410 e. The highest BCUT2D eigenvalue weighted by atomic mass is 16.6. The Bertz CT molecular complexity index is 748. The fourth-order valence-electron chi connectivity index (χ4n) is 3.01. The molecule has 0 unspecified atom stereocenters. The second-order valence-corrected chi connectivity index (χ2v) is 7.77. The molecule has 0 bridgehead atoms. The Hall–Kier alpha value is -2.53. The largest absolute Gasteiger partial charge is 0.457 e. The molecule has 5 heteroatoms. The van der Waals surface area contributed by atoms with Crippen molar-refractivity contribution in [1.29, 1.82) is 0 Å². The van der Waals surface area contributed by atoms with Crippen LogP contribution < -0.4 is 4.74 Å². The van der Waals surface area contributed by atoms with Crippen molar-refractivity contribution in [3.63, 3.8) is 0 Å². The summed E-state index contributed by atoms with van der Waals surface area (Å²) in [7, 11) is 0. The number of piperazine rings is 1. The lowest BCUT2D eigenvalue weighted by Gasteiger charge is -2.35. The number of carbonyl (C=O) groups is 1. The Balaban J connectivity index is 1.57. The molecule has 1 aliphatic rings. The molecule has 2 aromatic rings. The van der Waals surface area contributed by atoms with Crippen LogP contribution in [0.4, 0.5) is 4.79 Å². The van der Waals surface area contributed by atoms with Crippen LogP contribution in [0.3, 0.4) is 0 Å². The first-order valence-electron chi connectivity index (χ1n) is 9.42. The standard InChI is InChI=1S/C22H28N2O3/c1-22(2,3)27-21(25)24-15-13-23(14-16-24)17-18-9-7-8-12-20(18)26-19-10-5-4-6-11-19/h4-12H,13-17H2,1-3H3. The summed E-state index contributed by atoms with van der Waals surface area (Å²) < 4.78 is 11.5. The van der Waals surface area contributed by atoms with Crippen LogP contribution in [-0.2, 0) is 11.3 Å². The highest BCUT2D eigenvalue weighted by Crippen LogP contribution is 2.26. The summed E-state index contributed by atoms with van der Waals surface area (Å²) in [5, 5.41) is 0. The Morgan fingerprint density at radius 3 is 2.22 bits per heavy atom. The molecule has 5 nitrogen and oxygen atoms in total. The molecule has 0 radical (unpaired) electrons. The third kappa shape index (κ3) is 5.73. The van der Waals surface area contributed by atoms with Gasteiger partial charge in [-0.2, -0.15) is 0 Å². The zero-order chi connectivity index (χ0) is 19.3. The first-order valence-corrected chi connectivity index (χ1v) is 9.42. The van der Waals surface area contributed by atoms with Gasteiger partial charge < -0.3 is 14.4 Å². The van der Waals surface area contributed by atoms with Crippen LogP contribution in [0.15, 0.2) is 54.6 Å². The average Bonchev–Trinajstić information content (AvgIpc) is 2.63. The molecule has 144 valence electrons. The number of rotatable bonds is 4. The first kappa shape index (κ1) is 19.2. The fraction of sp³-hybridized carbons (Fsp3) is 0.409. The van der Waals surface area contributed by atoms with Gasteiger partial charge in [0.2, 0.25) is 0 Å². The number of hydrogen-bond donors (Lipinski definition) is 0. The summed E-state index contributed by atoms with van der Waals surface area (Å²) in [6.07, 6.45) is -0.227. The van der Waals surface area contributed by atoms with E-state index in [1.165, 1.54) is 0 Å². The van der Waals surface area contributed by atoms with E-state index in [1.54, 1.807) is 4.90 Å². The summed E-state index contributed by atoms with van der Waals surface area (Å²) in [6.45, 7) is 9.47. The van der Waals surface area contributed by atoms with E-state index in [9.17, 15) is 4.79 Å². The van der Waals surface area contributed by atoms with Gasteiger partial charge in [0.15, 0.2) is 0 Å². The number of ether oxygens (including phenoxy) is 2. The molecule has 0 aromatic heterocycles. The zero-order valence-electron chi connectivity index (χ0n) is 16.4. The van der Waals surface area contributed by atoms with Gasteiger partial charge in [-0.15, -0.1) is 0 Å². The van der Waals surface area contributed by atoms with Crippen molar-refractivity contribution in [2.45, 2.75) is 32.9 Å². The lowest BCUT2D eigenvalue weighted by Crippen LogP contribution is -2.49. The van der Waals surface area contributed by atoms with E-state index >= 15 is 0 Å². The lowest BCUT2D eigenvalue weighted by molar-refractivity contribution is 0.0138. The van der Waals surface area contributed by atoms with Crippen LogP contribution in [0.25, 0.3) is 0 Å². The fourth-order valence-corrected chi connectivity index (χ4v) is 3.01. The molecule has 1 heterocycles. The molecule has 0 N–H and O–H groups in total. The molecule has 1 amide bonds. The van der Waals surface area contributed by atoms with Gasteiger partial charge in [0.1, 0.15) is 17.1 Å². The minimum atomic E-state index is -0.456. The molecule has 0 saturated carbocycles. The number of para-hydroxylation sites is 2. The molecule has 2 aromatic carbocycles. The van der Waals surface area contributed by atoms with E-state index in [-0.39, 0.29) is 6.09 Å². The van der Waals surface area contributed by atoms with Crippen molar-refractivity contribution in [2.75, 3.05) is 26.2 Å². The molecule has 1 aliphatic heterocycles. The number of carbonyl (C=O) groups excluding carboxylic acids is 1. The van der Waals surface area contributed by atoms with Crippen LogP contribution in [-0.4, -0.2) is 47.7 Å². The highest BCUT2D eigenvalue weighted by molar-refractivity contribution is 5.68. The van der Waals surface area contributed by atoms with Crippen molar-refractivity contribution in [3.8, 4) is 11.5 Å². The molecule has 0 aliphatic carbocycles. The van der Waals surface area contributed by atoms with Gasteiger partial charge in [0.05, 0.1) is 0 Å². The van der Waals surface area contributed by atoms with E-state index < -0.39 is 5.60 Å². The maximum Gasteiger partial charge on any atom is 0.410 e. The minimum Gasteiger partial charge on any atom is -0.457 e. The lowest BCUT2D eigenvalue weighted by atomic mass is 10.1. The van der Waals surface area contributed by atoms with Crippen LogP contribution in [0.2, 0.25) is 0 Å². The quantitative estimate of drug-likeness (QED) is 0.795. The van der Waals surface area contributed by atoms with Crippen molar-refractivity contribution in [3.05, 3.63) is 60.2 Å². The van der Waals surface area contributed by atoms with Gasteiger partial charge in [-0.3, -0.25) is 4.90 Å². The molecule has 1 fully saturated rings. The van der Waals surface area contributed by atoms with E-state index in [1.807, 2.05) is 69.3 Å². The Labute approximate surface area is 161 Å². The highest BCUT2D eigenvalue weighted by Gasteiger charge is 2.26. The monoisotopic (exact) mass is 368 g/mol. The third-order valence-corrected chi connectivity index (χ3v) is 4.36. The van der Waals surface area contributed by atoms with E-state index in [4.69, 9.17) is 9.47 Å². The summed E-state index contributed by atoms with van der Waals surface area (Å²) in [5.74, 6) is 1.71. The predicted octanol–water partition coefficient (Wildman–Crippen LogP) is 4.53. The van der Waals surface area contributed by atoms with Gasteiger partial charge in [0, 0.05) is 38.3 Å². The number of hydrogen-bond acceptors (Lipinski definition) is 4. The van der Waals surface area contributed by atoms with E-state index in [0.717, 1.165) is 36.7 Å². The summed E-state index contributed by atoms with van der Waals surface area (Å²) in [4.78, 5) is 16.3.